The molecule has 0 N–H and O–H groups in total. The van der Waals surface area contributed by atoms with E-state index in [0.717, 1.165) is 35.1 Å². The number of carbonyl (C=O) groups excluding carboxylic acids is 5. The second kappa shape index (κ2) is 15.3. The first-order valence-electron chi connectivity index (χ1n) is 16.7. The Morgan fingerprint density at radius 1 is 0.840 bits per heavy atom. The zero-order chi connectivity index (χ0) is 36.2. The molecule has 0 radical (unpaired) electrons. The Balaban J connectivity index is 1.60. The highest BCUT2D eigenvalue weighted by Crippen LogP contribution is 2.43. The number of ether oxygens (including phenoxy) is 6. The van der Waals surface area contributed by atoms with Gasteiger partial charge in [-0.15, -0.1) is 0 Å². The molecule has 0 saturated carbocycles. The lowest BCUT2D eigenvalue weighted by Gasteiger charge is -2.23. The summed E-state index contributed by atoms with van der Waals surface area (Å²) in [6.07, 6.45) is 1.33. The van der Waals surface area contributed by atoms with Crippen molar-refractivity contribution in [3.8, 4) is 11.3 Å². The first-order chi connectivity index (χ1) is 23.9. The van der Waals surface area contributed by atoms with Gasteiger partial charge in [0.2, 0.25) is 0 Å². The molecule has 1 saturated heterocycles. The number of benzene rings is 1. The van der Waals surface area contributed by atoms with Crippen molar-refractivity contribution in [2.45, 2.75) is 98.2 Å². The van der Waals surface area contributed by atoms with Crippen LogP contribution in [0.5, 0.6) is 0 Å². The van der Waals surface area contributed by atoms with Crippen LogP contribution in [0.15, 0.2) is 24.8 Å². The van der Waals surface area contributed by atoms with E-state index in [9.17, 15) is 24.0 Å². The van der Waals surface area contributed by atoms with Crippen molar-refractivity contribution in [3.05, 3.63) is 41.5 Å². The Labute approximate surface area is 288 Å². The third-order valence-electron chi connectivity index (χ3n) is 8.77. The fraction of sp³-hybridized carbons (Fsp3) is 0.543. The van der Waals surface area contributed by atoms with Crippen LogP contribution in [0.2, 0.25) is 0 Å². The van der Waals surface area contributed by atoms with Crippen LogP contribution in [0.4, 0.5) is 0 Å². The number of aryl methyl sites for hydroxylation is 1. The Hall–Kier alpha value is -4.92. The highest BCUT2D eigenvalue weighted by atomic mass is 16.7. The van der Waals surface area contributed by atoms with Crippen LogP contribution in [0.25, 0.3) is 22.4 Å². The van der Waals surface area contributed by atoms with Gasteiger partial charge in [-0.3, -0.25) is 28.5 Å². The minimum atomic E-state index is -1.50. The molecule has 5 rings (SSSR count). The van der Waals surface area contributed by atoms with E-state index in [-0.39, 0.29) is 32.7 Å². The van der Waals surface area contributed by atoms with Crippen LogP contribution in [0, 0.1) is 5.41 Å². The monoisotopic (exact) mass is 694 g/mol. The van der Waals surface area contributed by atoms with Crippen LogP contribution in [-0.2, 0) is 71.7 Å². The number of hydrogen-bond acceptors (Lipinski definition) is 14. The fourth-order valence-electron chi connectivity index (χ4n) is 6.64. The van der Waals surface area contributed by atoms with Gasteiger partial charge in [0.15, 0.2) is 29.5 Å². The summed E-state index contributed by atoms with van der Waals surface area (Å²) in [7, 11) is 0. The fourth-order valence-corrected chi connectivity index (χ4v) is 6.64. The molecule has 2 aliphatic rings. The minimum Gasteiger partial charge on any atom is -0.465 e. The number of unbranched alkanes of at least 4 members (excludes halogenated alkanes) is 1. The zero-order valence-electron chi connectivity index (χ0n) is 29.1. The van der Waals surface area contributed by atoms with Crippen molar-refractivity contribution >= 4 is 41.0 Å². The highest BCUT2D eigenvalue weighted by Gasteiger charge is 2.54. The molecule has 3 heterocycles. The van der Waals surface area contributed by atoms with Crippen LogP contribution >= 0.6 is 0 Å². The molecule has 15 nitrogen and oxygen atoms in total. The third kappa shape index (κ3) is 7.18. The summed E-state index contributed by atoms with van der Waals surface area (Å²) in [5, 5.41) is 0. The van der Waals surface area contributed by atoms with Crippen LogP contribution in [0.1, 0.15) is 77.3 Å². The molecule has 0 spiro atoms. The molecule has 1 aliphatic carbocycles. The molecule has 0 amide bonds. The third-order valence-corrected chi connectivity index (χ3v) is 8.77. The normalized spacial score (nSPS) is 20.6. The predicted octanol–water partition coefficient (Wildman–Crippen LogP) is 3.37. The maximum Gasteiger partial charge on any atom is 0.324 e. The molecule has 4 atom stereocenters. The molecule has 0 bridgehead atoms. The van der Waals surface area contributed by atoms with Crippen molar-refractivity contribution in [1.29, 1.82) is 0 Å². The van der Waals surface area contributed by atoms with Gasteiger partial charge < -0.3 is 28.4 Å². The van der Waals surface area contributed by atoms with Crippen LogP contribution < -0.4 is 0 Å². The standard InChI is InChI=1S/C35H42N4O11/c1-7-10-11-22-12-23-14-35(33(43)45-8-2,34(44)46-9-3)15-24(23)13-25(22)27-28-31(37-17-36-27)39(18-38-28)32-30(49-21(6)42)29(48-20(5)41)26(50-32)16-47-19(4)40/h12-13,17-18,26,29-30,32H,7-11,14-16H2,1-6H3/t26-,29-,30-,32-/m1/s1. The summed E-state index contributed by atoms with van der Waals surface area (Å²) in [6, 6.07) is 3.96. The van der Waals surface area contributed by atoms with E-state index in [4.69, 9.17) is 28.4 Å². The summed E-state index contributed by atoms with van der Waals surface area (Å²) >= 11 is 0. The topological polar surface area (TPSA) is 184 Å². The molecular formula is C35H42N4O11. The highest BCUT2D eigenvalue weighted by molar-refractivity contribution is 6.02. The van der Waals surface area contributed by atoms with Crippen LogP contribution in [-0.4, -0.2) is 87.5 Å². The lowest BCUT2D eigenvalue weighted by atomic mass is 9.84. The maximum atomic E-state index is 13.3. The van der Waals surface area contributed by atoms with Crippen LogP contribution in [0.3, 0.4) is 0 Å². The zero-order valence-corrected chi connectivity index (χ0v) is 29.1. The first kappa shape index (κ1) is 36.4. The molecule has 0 unspecified atom stereocenters. The average molecular weight is 695 g/mol. The van der Waals surface area contributed by atoms with E-state index >= 15 is 0 Å². The number of imidazole rings is 1. The van der Waals surface area contributed by atoms with E-state index in [2.05, 4.69) is 21.9 Å². The summed E-state index contributed by atoms with van der Waals surface area (Å²) in [6.45, 7) is 9.13. The Morgan fingerprint density at radius 3 is 2.08 bits per heavy atom. The number of rotatable bonds is 13. The Morgan fingerprint density at radius 2 is 1.48 bits per heavy atom. The van der Waals surface area contributed by atoms with Crippen molar-refractivity contribution in [2.75, 3.05) is 19.8 Å². The quantitative estimate of drug-likeness (QED) is 0.144. The molecule has 3 aromatic rings. The van der Waals surface area contributed by atoms with Gasteiger partial charge in [-0.25, -0.2) is 15.0 Å². The Kier molecular flexibility index (Phi) is 11.1. The second-order valence-corrected chi connectivity index (χ2v) is 12.3. The van der Waals surface area contributed by atoms with E-state index in [0.29, 0.717) is 23.3 Å². The molecule has 1 fully saturated rings. The van der Waals surface area contributed by atoms with E-state index in [1.807, 2.05) is 12.1 Å². The number of aromatic nitrogens is 4. The Bertz CT molecular complexity index is 1770. The van der Waals surface area contributed by atoms with Gasteiger partial charge in [0.05, 0.1) is 19.5 Å². The van der Waals surface area contributed by atoms with Crippen molar-refractivity contribution in [1.82, 2.24) is 19.5 Å². The largest absolute Gasteiger partial charge is 0.465 e. The SMILES string of the molecule is CCCCc1cc2c(cc1-c1ncnc3c1ncn3[C@@H]1O[C@H](COC(C)=O)[C@@H](OC(C)=O)[C@H]1OC(C)=O)CC(C(=O)OCC)(C(=O)OCC)C2. The predicted molar refractivity (Wildman–Crippen MR) is 174 cm³/mol. The summed E-state index contributed by atoms with van der Waals surface area (Å²) in [4.78, 5) is 76.3. The molecule has 15 heteroatoms. The van der Waals surface area contributed by atoms with E-state index < -0.39 is 59.8 Å². The number of hydrogen-bond donors (Lipinski definition) is 0. The van der Waals surface area contributed by atoms with Gasteiger partial charge in [-0.1, -0.05) is 19.4 Å². The number of esters is 5. The van der Waals surface area contributed by atoms with Crippen molar-refractivity contribution < 1.29 is 52.4 Å². The lowest BCUT2D eigenvalue weighted by molar-refractivity contribution is -0.171. The minimum absolute atomic E-state index is 0.102. The molecular weight excluding hydrogens is 652 g/mol. The molecule has 268 valence electrons. The molecule has 50 heavy (non-hydrogen) atoms. The lowest BCUT2D eigenvalue weighted by Crippen LogP contribution is -2.43. The number of fused-ring (bicyclic) bond motifs is 2. The van der Waals surface area contributed by atoms with Gasteiger partial charge in [-0.2, -0.15) is 0 Å². The van der Waals surface area contributed by atoms with Gasteiger partial charge in [0.25, 0.3) is 0 Å². The number of nitrogens with zero attached hydrogens (tertiary/aromatic N) is 4. The molecule has 2 aromatic heterocycles. The van der Waals surface area contributed by atoms with Crippen molar-refractivity contribution in [2.24, 2.45) is 5.41 Å². The van der Waals surface area contributed by atoms with Gasteiger partial charge in [-0.05, 0) is 62.3 Å². The van der Waals surface area contributed by atoms with Gasteiger partial charge in [0.1, 0.15) is 30.2 Å². The number of carbonyl (C=O) groups is 5. The second-order valence-electron chi connectivity index (χ2n) is 12.3. The smallest absolute Gasteiger partial charge is 0.324 e. The molecule has 1 aliphatic heterocycles. The summed E-state index contributed by atoms with van der Waals surface area (Å²) in [5.74, 6) is -3.09. The van der Waals surface area contributed by atoms with E-state index in [1.165, 1.54) is 33.4 Å². The maximum absolute atomic E-state index is 13.3. The van der Waals surface area contributed by atoms with Gasteiger partial charge >= 0.3 is 29.8 Å². The first-order valence-corrected chi connectivity index (χ1v) is 16.7. The molecule has 1 aromatic carbocycles. The van der Waals surface area contributed by atoms with Crippen molar-refractivity contribution in [3.63, 3.8) is 0 Å². The summed E-state index contributed by atoms with van der Waals surface area (Å²) < 4.78 is 34.8. The van der Waals surface area contributed by atoms with Gasteiger partial charge in [0, 0.05) is 26.3 Å². The average Bonchev–Trinajstić information content (AvgIpc) is 3.76. The summed E-state index contributed by atoms with van der Waals surface area (Å²) in [5.41, 5.74) is 3.11. The van der Waals surface area contributed by atoms with E-state index in [1.54, 1.807) is 18.4 Å².